The number of benzene rings is 11. The second-order valence-corrected chi connectivity index (χ2v) is 18.6. The molecule has 15 aromatic rings. The van der Waals surface area contributed by atoms with Gasteiger partial charge < -0.3 is 22.8 Å². The third-order valence-electron chi connectivity index (χ3n) is 14.7. The minimum atomic E-state index is 1.08. The zero-order valence-corrected chi connectivity index (χ0v) is 38.6. The van der Waals surface area contributed by atoms with Crippen LogP contribution in [0.5, 0.6) is 0 Å². The van der Waals surface area contributed by atoms with Gasteiger partial charge in [0.1, 0.15) is 0 Å². The molecular formula is C66H43N5. The molecule has 0 aliphatic rings. The van der Waals surface area contributed by atoms with Crippen LogP contribution in [0, 0.1) is 0 Å². The van der Waals surface area contributed by atoms with E-state index in [4.69, 9.17) is 0 Å². The monoisotopic (exact) mass is 905 g/mol. The van der Waals surface area contributed by atoms with Crippen molar-refractivity contribution >= 4 is 98.3 Å². The summed E-state index contributed by atoms with van der Waals surface area (Å²) in [6, 6.07) is 95.8. The van der Waals surface area contributed by atoms with E-state index in [0.29, 0.717) is 0 Å². The molecule has 0 aliphatic heterocycles. The number of hydrogen-bond donors (Lipinski definition) is 0. The lowest BCUT2D eigenvalue weighted by Crippen LogP contribution is -1.99. The molecule has 0 fully saturated rings. The molecule has 5 heteroatoms. The van der Waals surface area contributed by atoms with Crippen LogP contribution in [0.25, 0.3) is 127 Å². The standard InChI is InChI=1S/C66H43N5/c1-4-18-46(19-5-1)69-62-29-13-11-27-56(62)58-40-51(31-35-63(58)69)67-49-24-14-16-44(38-49)45-17-15-25-50(39-45)68(54-30-34-57-55-26-10-12-28-61(55)71(66(57)43-54)48-22-8-3-9-23-48)53-33-37-65-60(42-53)59-41-52(67)32-36-64(59)70(65)47-20-6-2-7-21-47/h1-43H. The molecular weight excluding hydrogens is 863 g/mol. The van der Waals surface area contributed by atoms with E-state index in [1.165, 1.54) is 48.9 Å². The summed E-state index contributed by atoms with van der Waals surface area (Å²) in [5.41, 5.74) is 16.9. The van der Waals surface area contributed by atoms with Crippen molar-refractivity contribution in [3.8, 4) is 28.4 Å². The van der Waals surface area contributed by atoms with Gasteiger partial charge in [0.15, 0.2) is 0 Å². The summed E-state index contributed by atoms with van der Waals surface area (Å²) in [5.74, 6) is 0. The second-order valence-electron chi connectivity index (χ2n) is 18.6. The minimum Gasteiger partial charge on any atom is -0.310 e. The molecule has 0 saturated carbocycles. The van der Waals surface area contributed by atoms with E-state index < -0.39 is 0 Å². The molecule has 0 spiro atoms. The zero-order chi connectivity index (χ0) is 46.6. The van der Waals surface area contributed by atoms with Crippen LogP contribution in [0.3, 0.4) is 0 Å². The Balaban J connectivity index is 1.07. The van der Waals surface area contributed by atoms with Gasteiger partial charge in [-0.05, 0) is 150 Å². The Bertz CT molecular complexity index is 4680. The van der Waals surface area contributed by atoms with Crippen molar-refractivity contribution in [2.45, 2.75) is 0 Å². The van der Waals surface area contributed by atoms with Crippen LogP contribution in [-0.2, 0) is 0 Å². The lowest BCUT2D eigenvalue weighted by molar-refractivity contribution is 1.14. The fraction of sp³-hybridized carbons (Fsp3) is 0. The first-order chi connectivity index (χ1) is 35.2. The number of rotatable bonds is 5. The fourth-order valence-corrected chi connectivity index (χ4v) is 11.6. The average molecular weight is 906 g/mol. The van der Waals surface area contributed by atoms with E-state index in [9.17, 15) is 0 Å². The van der Waals surface area contributed by atoms with E-state index in [1.807, 2.05) is 0 Å². The van der Waals surface area contributed by atoms with Gasteiger partial charge in [-0.25, -0.2) is 0 Å². The van der Waals surface area contributed by atoms with Crippen LogP contribution < -0.4 is 0 Å². The molecule has 0 aliphatic carbocycles. The second kappa shape index (κ2) is 15.5. The first-order valence-corrected chi connectivity index (χ1v) is 24.3. The molecule has 0 N–H and O–H groups in total. The molecule has 8 bridgehead atoms. The fourth-order valence-electron chi connectivity index (χ4n) is 11.6. The predicted molar refractivity (Wildman–Crippen MR) is 298 cm³/mol. The van der Waals surface area contributed by atoms with E-state index in [2.05, 4.69) is 284 Å². The summed E-state index contributed by atoms with van der Waals surface area (Å²) in [6.45, 7) is 0. The zero-order valence-electron chi connectivity index (χ0n) is 38.6. The third kappa shape index (κ3) is 6.06. The van der Waals surface area contributed by atoms with Crippen molar-refractivity contribution in [1.29, 1.82) is 0 Å². The Morgan fingerprint density at radius 2 is 0.535 bits per heavy atom. The largest absolute Gasteiger partial charge is 0.310 e. The smallest absolute Gasteiger partial charge is 0.0561 e. The summed E-state index contributed by atoms with van der Waals surface area (Å²) in [4.78, 5) is 0. The van der Waals surface area contributed by atoms with Crippen molar-refractivity contribution in [2.75, 3.05) is 0 Å². The summed E-state index contributed by atoms with van der Waals surface area (Å²) >= 11 is 0. The van der Waals surface area contributed by atoms with Gasteiger partial charge in [-0.15, -0.1) is 0 Å². The van der Waals surface area contributed by atoms with Crippen molar-refractivity contribution in [2.24, 2.45) is 0 Å². The lowest BCUT2D eigenvalue weighted by Gasteiger charge is -2.14. The highest BCUT2D eigenvalue weighted by molar-refractivity contribution is 6.14. The molecule has 11 aromatic carbocycles. The van der Waals surface area contributed by atoms with Gasteiger partial charge in [0.25, 0.3) is 0 Å². The average Bonchev–Trinajstić information content (AvgIpc) is 4.07. The van der Waals surface area contributed by atoms with Gasteiger partial charge in [0.05, 0.1) is 33.1 Å². The predicted octanol–water partition coefficient (Wildman–Crippen LogP) is 17.1. The molecule has 71 heavy (non-hydrogen) atoms. The summed E-state index contributed by atoms with van der Waals surface area (Å²) in [5, 5.41) is 9.52. The molecule has 4 aromatic heterocycles. The van der Waals surface area contributed by atoms with Crippen LogP contribution in [0.4, 0.5) is 0 Å². The van der Waals surface area contributed by atoms with Crippen LogP contribution >= 0.6 is 0 Å². The van der Waals surface area contributed by atoms with Gasteiger partial charge in [0.2, 0.25) is 0 Å². The normalized spacial score (nSPS) is 11.9. The van der Waals surface area contributed by atoms with Crippen molar-refractivity contribution in [1.82, 2.24) is 22.8 Å². The number of aromatic nitrogens is 5. The molecule has 0 radical (unpaired) electrons. The number of hydrogen-bond acceptors (Lipinski definition) is 0. The quantitative estimate of drug-likeness (QED) is 0.164. The van der Waals surface area contributed by atoms with Crippen LogP contribution in [0.15, 0.2) is 261 Å². The first-order valence-electron chi connectivity index (χ1n) is 24.3. The SMILES string of the molecule is c1ccc(-n2c3ccccc3c3cc(-n4c5cccc(c5)c5cccc(c5)n(-c5ccc6c7ccccc7n(-c7ccccc7)c6c5)c5ccc6c(c5)c5cc4ccc5n6-c4ccccc4)ccc32)cc1. The molecule has 4 heterocycles. The Morgan fingerprint density at radius 3 is 1.06 bits per heavy atom. The van der Waals surface area contributed by atoms with Gasteiger partial charge in [-0.3, -0.25) is 0 Å². The maximum Gasteiger partial charge on any atom is 0.0561 e. The minimum absolute atomic E-state index is 1.08. The maximum atomic E-state index is 2.44. The summed E-state index contributed by atoms with van der Waals surface area (Å²) in [6.07, 6.45) is 0. The highest BCUT2D eigenvalue weighted by atomic mass is 15.0. The molecule has 0 unspecified atom stereocenters. The Morgan fingerprint density at radius 1 is 0.169 bits per heavy atom. The van der Waals surface area contributed by atoms with Crippen LogP contribution in [0.1, 0.15) is 0 Å². The molecule has 0 atom stereocenters. The Hall–Kier alpha value is -9.58. The third-order valence-corrected chi connectivity index (χ3v) is 14.7. The van der Waals surface area contributed by atoms with E-state index in [0.717, 1.165) is 77.8 Å². The lowest BCUT2D eigenvalue weighted by atomic mass is 10.1. The molecule has 0 saturated heterocycles. The maximum absolute atomic E-state index is 2.44. The number of nitrogens with zero attached hydrogens (tertiary/aromatic N) is 5. The van der Waals surface area contributed by atoms with E-state index >= 15 is 0 Å². The van der Waals surface area contributed by atoms with Gasteiger partial charge in [-0.2, -0.15) is 0 Å². The van der Waals surface area contributed by atoms with Crippen molar-refractivity contribution in [3.63, 3.8) is 0 Å². The number of para-hydroxylation sites is 5. The highest BCUT2D eigenvalue weighted by Crippen LogP contribution is 2.39. The van der Waals surface area contributed by atoms with E-state index in [1.54, 1.807) is 0 Å². The molecule has 15 rings (SSSR count). The molecule has 0 amide bonds. The molecule has 5 nitrogen and oxygen atoms in total. The first kappa shape index (κ1) is 39.4. The van der Waals surface area contributed by atoms with E-state index in [-0.39, 0.29) is 0 Å². The highest BCUT2D eigenvalue weighted by Gasteiger charge is 2.18. The van der Waals surface area contributed by atoms with Crippen LogP contribution in [-0.4, -0.2) is 22.8 Å². The summed E-state index contributed by atoms with van der Waals surface area (Å²) < 4.78 is 12.1. The van der Waals surface area contributed by atoms with Gasteiger partial charge >= 0.3 is 0 Å². The topological polar surface area (TPSA) is 24.6 Å². The van der Waals surface area contributed by atoms with Crippen molar-refractivity contribution < 1.29 is 0 Å². The van der Waals surface area contributed by atoms with Crippen molar-refractivity contribution in [3.05, 3.63) is 261 Å². The Labute approximate surface area is 408 Å². The summed E-state index contributed by atoms with van der Waals surface area (Å²) in [7, 11) is 0. The molecule has 332 valence electrons. The van der Waals surface area contributed by atoms with Gasteiger partial charge in [0, 0.05) is 82.8 Å². The van der Waals surface area contributed by atoms with Gasteiger partial charge in [-0.1, -0.05) is 121 Å². The number of fused-ring (bicyclic) bond motifs is 13. The van der Waals surface area contributed by atoms with Crippen LogP contribution in [0.2, 0.25) is 0 Å². The Kier molecular flexibility index (Phi) is 8.59.